The fourth-order valence-electron chi connectivity index (χ4n) is 2.48. The van der Waals surface area contributed by atoms with Gasteiger partial charge in [0.05, 0.1) is 12.8 Å². The Balaban J connectivity index is 0.00000484. The van der Waals surface area contributed by atoms with E-state index in [9.17, 15) is 8.42 Å². The highest BCUT2D eigenvalue weighted by atomic mass is 127. The van der Waals surface area contributed by atoms with Crippen LogP contribution < -0.4 is 10.0 Å². The van der Waals surface area contributed by atoms with E-state index in [0.717, 1.165) is 51.5 Å². The van der Waals surface area contributed by atoms with Gasteiger partial charge >= 0.3 is 0 Å². The number of guanidine groups is 1. The molecule has 23 heavy (non-hydrogen) atoms. The number of aliphatic imine (C=N–C) groups is 1. The molecule has 1 aliphatic rings. The minimum atomic E-state index is -3.14. The fourth-order valence-corrected chi connectivity index (χ4v) is 2.94. The molecule has 138 valence electrons. The molecule has 0 saturated carbocycles. The summed E-state index contributed by atoms with van der Waals surface area (Å²) in [6.07, 6.45) is 1.16. The lowest BCUT2D eigenvalue weighted by molar-refractivity contribution is 0.164. The molecular weight excluding hydrogens is 429 g/mol. The lowest BCUT2D eigenvalue weighted by Crippen LogP contribution is -2.53. The van der Waals surface area contributed by atoms with Crippen molar-refractivity contribution in [1.29, 1.82) is 0 Å². The molecule has 0 aromatic carbocycles. The van der Waals surface area contributed by atoms with Crippen molar-refractivity contribution in [3.63, 3.8) is 0 Å². The van der Waals surface area contributed by atoms with Crippen LogP contribution in [0.2, 0.25) is 0 Å². The van der Waals surface area contributed by atoms with E-state index < -0.39 is 10.0 Å². The van der Waals surface area contributed by atoms with Crippen LogP contribution in [0.4, 0.5) is 0 Å². The molecule has 9 heteroatoms. The topological polar surface area (TPSA) is 77.0 Å². The summed E-state index contributed by atoms with van der Waals surface area (Å²) in [5.41, 5.74) is 0. The van der Waals surface area contributed by atoms with E-state index in [0.29, 0.717) is 19.0 Å². The molecule has 0 radical (unpaired) electrons. The second kappa shape index (κ2) is 11.4. The minimum Gasteiger partial charge on any atom is -0.357 e. The van der Waals surface area contributed by atoms with E-state index in [-0.39, 0.29) is 24.0 Å². The van der Waals surface area contributed by atoms with Crippen molar-refractivity contribution in [3.05, 3.63) is 0 Å². The van der Waals surface area contributed by atoms with Gasteiger partial charge in [-0.3, -0.25) is 9.89 Å². The Kier molecular flexibility index (Phi) is 11.4. The molecule has 1 rings (SSSR count). The molecule has 7 nitrogen and oxygen atoms in total. The van der Waals surface area contributed by atoms with Crippen LogP contribution in [-0.4, -0.2) is 82.8 Å². The Morgan fingerprint density at radius 1 is 1.22 bits per heavy atom. The first-order valence-corrected chi connectivity index (χ1v) is 9.91. The third-order valence-corrected chi connectivity index (χ3v) is 4.10. The summed E-state index contributed by atoms with van der Waals surface area (Å²) in [5, 5.41) is 3.29. The summed E-state index contributed by atoms with van der Waals surface area (Å²) in [6, 6.07) is 0. The molecule has 1 fully saturated rings. The van der Waals surface area contributed by atoms with Gasteiger partial charge in [-0.15, -0.1) is 24.0 Å². The number of halogens is 1. The SMILES string of the molecule is CCNC(=NCCNS(C)(=O)=O)N1CCN(CC(C)C)CC1.I. The van der Waals surface area contributed by atoms with Crippen LogP contribution in [0.15, 0.2) is 4.99 Å². The standard InChI is InChI=1S/C14H31N5O2S.HI/c1-5-15-14(16-6-7-17-22(4,20)21)19-10-8-18(9-11-19)12-13(2)3;/h13,17H,5-12H2,1-4H3,(H,15,16);1H. The zero-order valence-corrected chi connectivity index (χ0v) is 17.9. The van der Waals surface area contributed by atoms with Crippen LogP contribution in [0.3, 0.4) is 0 Å². The van der Waals surface area contributed by atoms with Crippen molar-refractivity contribution in [3.8, 4) is 0 Å². The maximum Gasteiger partial charge on any atom is 0.208 e. The van der Waals surface area contributed by atoms with Crippen LogP contribution in [0.1, 0.15) is 20.8 Å². The van der Waals surface area contributed by atoms with E-state index in [4.69, 9.17) is 0 Å². The highest BCUT2D eigenvalue weighted by Gasteiger charge is 2.19. The first-order valence-electron chi connectivity index (χ1n) is 8.02. The van der Waals surface area contributed by atoms with E-state index in [2.05, 4.69) is 38.7 Å². The average Bonchev–Trinajstić information content (AvgIpc) is 2.41. The van der Waals surface area contributed by atoms with Gasteiger partial charge in [-0.25, -0.2) is 13.1 Å². The predicted molar refractivity (Wildman–Crippen MR) is 107 cm³/mol. The largest absolute Gasteiger partial charge is 0.357 e. The average molecular weight is 461 g/mol. The number of rotatable bonds is 7. The first kappa shape index (κ1) is 22.9. The van der Waals surface area contributed by atoms with Gasteiger partial charge in [0, 0.05) is 45.8 Å². The van der Waals surface area contributed by atoms with Gasteiger partial charge in [0.25, 0.3) is 0 Å². The third-order valence-electron chi connectivity index (χ3n) is 3.37. The lowest BCUT2D eigenvalue weighted by Gasteiger charge is -2.37. The third kappa shape index (κ3) is 10.4. The summed E-state index contributed by atoms with van der Waals surface area (Å²) >= 11 is 0. The number of hydrogen-bond acceptors (Lipinski definition) is 4. The number of hydrogen-bond donors (Lipinski definition) is 2. The van der Waals surface area contributed by atoms with Gasteiger partial charge < -0.3 is 10.2 Å². The zero-order chi connectivity index (χ0) is 16.6. The van der Waals surface area contributed by atoms with Crippen LogP contribution in [0, 0.1) is 5.92 Å². The molecule has 0 atom stereocenters. The van der Waals surface area contributed by atoms with Gasteiger partial charge in [-0.1, -0.05) is 13.8 Å². The quantitative estimate of drug-likeness (QED) is 0.248. The number of piperazine rings is 1. The van der Waals surface area contributed by atoms with E-state index in [1.54, 1.807) is 0 Å². The first-order chi connectivity index (χ1) is 10.3. The fraction of sp³-hybridized carbons (Fsp3) is 0.929. The van der Waals surface area contributed by atoms with Crippen LogP contribution in [0.25, 0.3) is 0 Å². The molecular formula is C14H32IN5O2S. The molecule has 0 aliphatic carbocycles. The predicted octanol–water partition coefficient (Wildman–Crippen LogP) is 0.393. The van der Waals surface area contributed by atoms with E-state index >= 15 is 0 Å². The Labute approximate surface area is 158 Å². The molecule has 0 unspecified atom stereocenters. The Morgan fingerprint density at radius 3 is 2.30 bits per heavy atom. The highest BCUT2D eigenvalue weighted by molar-refractivity contribution is 14.0. The van der Waals surface area contributed by atoms with Crippen molar-refractivity contribution in [2.75, 3.05) is 58.6 Å². The van der Waals surface area contributed by atoms with E-state index in [1.807, 2.05) is 6.92 Å². The molecule has 1 heterocycles. The zero-order valence-electron chi connectivity index (χ0n) is 14.7. The monoisotopic (exact) mass is 461 g/mol. The molecule has 0 amide bonds. The summed E-state index contributed by atoms with van der Waals surface area (Å²) in [4.78, 5) is 9.25. The lowest BCUT2D eigenvalue weighted by atomic mass is 10.2. The molecule has 0 bridgehead atoms. The van der Waals surface area contributed by atoms with E-state index in [1.165, 1.54) is 0 Å². The van der Waals surface area contributed by atoms with Crippen molar-refractivity contribution >= 4 is 40.0 Å². The van der Waals surface area contributed by atoms with Crippen LogP contribution in [0.5, 0.6) is 0 Å². The number of nitrogens with zero attached hydrogens (tertiary/aromatic N) is 3. The van der Waals surface area contributed by atoms with Crippen LogP contribution >= 0.6 is 24.0 Å². The van der Waals surface area contributed by atoms with Crippen LogP contribution in [-0.2, 0) is 10.0 Å². The maximum absolute atomic E-state index is 11.0. The second-order valence-corrected chi connectivity index (χ2v) is 7.92. The highest BCUT2D eigenvalue weighted by Crippen LogP contribution is 2.05. The van der Waals surface area contributed by atoms with Crippen molar-refractivity contribution in [2.24, 2.45) is 10.9 Å². The van der Waals surface area contributed by atoms with Gasteiger partial charge in [0.1, 0.15) is 0 Å². The molecule has 0 aromatic rings. The maximum atomic E-state index is 11.0. The molecule has 0 spiro atoms. The Bertz CT molecular complexity index is 448. The number of sulfonamides is 1. The smallest absolute Gasteiger partial charge is 0.208 e. The second-order valence-electron chi connectivity index (χ2n) is 6.08. The van der Waals surface area contributed by atoms with Crippen molar-refractivity contribution in [2.45, 2.75) is 20.8 Å². The molecule has 2 N–H and O–H groups in total. The summed E-state index contributed by atoms with van der Waals surface area (Å²) < 4.78 is 24.5. The molecule has 1 saturated heterocycles. The molecule has 1 aliphatic heterocycles. The van der Waals surface area contributed by atoms with Crippen molar-refractivity contribution < 1.29 is 8.42 Å². The van der Waals surface area contributed by atoms with Gasteiger partial charge in [-0.05, 0) is 12.8 Å². The van der Waals surface area contributed by atoms with Gasteiger partial charge in [0.15, 0.2) is 5.96 Å². The van der Waals surface area contributed by atoms with Gasteiger partial charge in [-0.2, -0.15) is 0 Å². The Hall–Kier alpha value is -0.130. The van der Waals surface area contributed by atoms with Gasteiger partial charge in [0.2, 0.25) is 10.0 Å². The number of nitrogens with one attached hydrogen (secondary N) is 2. The van der Waals surface area contributed by atoms with Crippen molar-refractivity contribution in [1.82, 2.24) is 19.8 Å². The normalized spacial score (nSPS) is 17.3. The summed E-state index contributed by atoms with van der Waals surface area (Å²) in [5.74, 6) is 1.57. The molecule has 0 aromatic heterocycles. The Morgan fingerprint density at radius 2 is 1.83 bits per heavy atom. The summed E-state index contributed by atoms with van der Waals surface area (Å²) in [6.45, 7) is 13.3. The summed E-state index contributed by atoms with van der Waals surface area (Å²) in [7, 11) is -3.14. The minimum absolute atomic E-state index is 0.